The van der Waals surface area contributed by atoms with Crippen LogP contribution in [0.5, 0.6) is 5.75 Å². The minimum atomic E-state index is -0.380. The van der Waals surface area contributed by atoms with Crippen LogP contribution >= 0.6 is 11.8 Å². The van der Waals surface area contributed by atoms with Gasteiger partial charge in [0.1, 0.15) is 11.0 Å². The minimum Gasteiger partial charge on any atom is -0.497 e. The summed E-state index contributed by atoms with van der Waals surface area (Å²) < 4.78 is 7.39. The Bertz CT molecular complexity index is 955. The molecule has 7 heteroatoms. The van der Waals surface area contributed by atoms with Crippen molar-refractivity contribution < 1.29 is 9.53 Å². The number of aromatic nitrogens is 3. The SMILES string of the molecule is CCCCn1c(SC(C(=O)N(C)C)c2ccccc2)nnc1-c1ccc(OC)cc1. The molecule has 0 fully saturated rings. The van der Waals surface area contributed by atoms with Gasteiger partial charge in [-0.3, -0.25) is 4.79 Å². The molecule has 0 aliphatic carbocycles. The van der Waals surface area contributed by atoms with Crippen molar-refractivity contribution in [1.29, 1.82) is 0 Å². The van der Waals surface area contributed by atoms with Crippen LogP contribution < -0.4 is 4.74 Å². The number of unbranched alkanes of at least 4 members (excludes halogenated alkanes) is 1. The van der Waals surface area contributed by atoms with E-state index in [9.17, 15) is 4.79 Å². The van der Waals surface area contributed by atoms with E-state index in [2.05, 4.69) is 21.7 Å². The molecule has 158 valence electrons. The lowest BCUT2D eigenvalue weighted by Crippen LogP contribution is -2.27. The number of carbonyl (C=O) groups excluding carboxylic acids is 1. The Balaban J connectivity index is 1.98. The smallest absolute Gasteiger partial charge is 0.240 e. The standard InChI is InChI=1S/C23H28N4O2S/c1-5-6-16-27-21(18-12-14-19(29-4)15-13-18)24-25-23(27)30-20(22(28)26(2)3)17-10-8-7-9-11-17/h7-15,20H,5-6,16H2,1-4H3. The van der Waals surface area contributed by atoms with E-state index < -0.39 is 0 Å². The summed E-state index contributed by atoms with van der Waals surface area (Å²) in [4.78, 5) is 14.6. The summed E-state index contributed by atoms with van der Waals surface area (Å²) in [6.45, 7) is 2.96. The zero-order chi connectivity index (χ0) is 21.5. The second-order valence-corrected chi connectivity index (χ2v) is 8.25. The first kappa shape index (κ1) is 21.9. The molecule has 30 heavy (non-hydrogen) atoms. The monoisotopic (exact) mass is 424 g/mol. The second-order valence-electron chi connectivity index (χ2n) is 7.18. The quantitative estimate of drug-likeness (QED) is 0.467. The Kier molecular flexibility index (Phi) is 7.52. The Hall–Kier alpha value is -2.80. The molecule has 1 aromatic heterocycles. The summed E-state index contributed by atoms with van der Waals surface area (Å²) in [5.74, 6) is 1.63. The summed E-state index contributed by atoms with van der Waals surface area (Å²) in [5, 5.41) is 9.31. The molecule has 0 aliphatic heterocycles. The molecule has 1 atom stereocenters. The molecule has 1 amide bonds. The molecular formula is C23H28N4O2S. The number of nitrogens with zero attached hydrogens (tertiary/aromatic N) is 4. The van der Waals surface area contributed by atoms with Gasteiger partial charge in [-0.15, -0.1) is 10.2 Å². The van der Waals surface area contributed by atoms with E-state index in [1.54, 1.807) is 26.1 Å². The maximum Gasteiger partial charge on any atom is 0.240 e. The topological polar surface area (TPSA) is 60.2 Å². The first-order chi connectivity index (χ1) is 14.5. The van der Waals surface area contributed by atoms with E-state index in [4.69, 9.17) is 4.74 Å². The molecular weight excluding hydrogens is 396 g/mol. The minimum absolute atomic E-state index is 0.0299. The molecule has 0 radical (unpaired) electrons. The average Bonchev–Trinajstić information content (AvgIpc) is 3.18. The zero-order valence-electron chi connectivity index (χ0n) is 17.9. The maximum absolute atomic E-state index is 13.0. The normalized spacial score (nSPS) is 11.9. The van der Waals surface area contributed by atoms with Gasteiger partial charge in [0.25, 0.3) is 0 Å². The summed E-state index contributed by atoms with van der Waals surface area (Å²) >= 11 is 1.45. The molecule has 3 aromatic rings. The van der Waals surface area contributed by atoms with Gasteiger partial charge in [-0.1, -0.05) is 55.4 Å². The summed E-state index contributed by atoms with van der Waals surface area (Å²) in [7, 11) is 5.21. The number of ether oxygens (including phenoxy) is 1. The fourth-order valence-corrected chi connectivity index (χ4v) is 4.28. The highest BCUT2D eigenvalue weighted by Crippen LogP contribution is 2.37. The number of benzene rings is 2. The number of rotatable bonds is 9. The fourth-order valence-electron chi connectivity index (χ4n) is 3.08. The molecule has 0 bridgehead atoms. The highest BCUT2D eigenvalue weighted by molar-refractivity contribution is 8.00. The van der Waals surface area contributed by atoms with Crippen LogP contribution in [-0.2, 0) is 11.3 Å². The number of thioether (sulfide) groups is 1. The van der Waals surface area contributed by atoms with Crippen LogP contribution in [0.3, 0.4) is 0 Å². The Labute approximate surface area is 182 Å². The van der Waals surface area contributed by atoms with Gasteiger partial charge in [0.05, 0.1) is 7.11 Å². The lowest BCUT2D eigenvalue weighted by atomic mass is 10.1. The van der Waals surface area contributed by atoms with Crippen molar-refractivity contribution in [2.45, 2.75) is 36.7 Å². The molecule has 0 spiro atoms. The van der Waals surface area contributed by atoms with Crippen molar-refractivity contribution in [2.24, 2.45) is 0 Å². The van der Waals surface area contributed by atoms with Gasteiger partial charge in [-0.05, 0) is 36.2 Å². The first-order valence-corrected chi connectivity index (χ1v) is 10.9. The van der Waals surface area contributed by atoms with Crippen LogP contribution in [0.15, 0.2) is 59.8 Å². The molecule has 6 nitrogen and oxygen atoms in total. The van der Waals surface area contributed by atoms with Gasteiger partial charge < -0.3 is 14.2 Å². The van der Waals surface area contributed by atoms with Crippen molar-refractivity contribution >= 4 is 17.7 Å². The molecule has 1 heterocycles. The van der Waals surface area contributed by atoms with Crippen molar-refractivity contribution in [2.75, 3.05) is 21.2 Å². The third-order valence-electron chi connectivity index (χ3n) is 4.79. The predicted molar refractivity (Wildman–Crippen MR) is 121 cm³/mol. The Morgan fingerprint density at radius 1 is 1.10 bits per heavy atom. The zero-order valence-corrected chi connectivity index (χ0v) is 18.7. The maximum atomic E-state index is 13.0. The highest BCUT2D eigenvalue weighted by Gasteiger charge is 2.27. The van der Waals surface area contributed by atoms with E-state index in [0.29, 0.717) is 0 Å². The van der Waals surface area contributed by atoms with Gasteiger partial charge in [0.2, 0.25) is 5.91 Å². The van der Waals surface area contributed by atoms with Crippen LogP contribution in [0.2, 0.25) is 0 Å². The summed E-state index contributed by atoms with van der Waals surface area (Å²) in [5.41, 5.74) is 1.93. The molecule has 0 aliphatic rings. The lowest BCUT2D eigenvalue weighted by Gasteiger charge is -2.20. The predicted octanol–water partition coefficient (Wildman–Crippen LogP) is 4.68. The van der Waals surface area contributed by atoms with E-state index in [-0.39, 0.29) is 11.2 Å². The van der Waals surface area contributed by atoms with Crippen LogP contribution in [0.4, 0.5) is 0 Å². The Morgan fingerprint density at radius 3 is 2.40 bits per heavy atom. The van der Waals surface area contributed by atoms with Crippen molar-refractivity contribution in [1.82, 2.24) is 19.7 Å². The molecule has 3 rings (SSSR count). The van der Waals surface area contributed by atoms with E-state index in [0.717, 1.165) is 47.2 Å². The largest absolute Gasteiger partial charge is 0.497 e. The third-order valence-corrected chi connectivity index (χ3v) is 6.01. The molecule has 0 saturated carbocycles. The van der Waals surface area contributed by atoms with E-state index in [1.165, 1.54) is 11.8 Å². The van der Waals surface area contributed by atoms with Crippen LogP contribution in [0.25, 0.3) is 11.4 Å². The number of amides is 1. The van der Waals surface area contributed by atoms with Crippen LogP contribution in [0.1, 0.15) is 30.6 Å². The van der Waals surface area contributed by atoms with Crippen LogP contribution in [-0.4, -0.2) is 46.8 Å². The molecule has 0 saturated heterocycles. The fraction of sp³-hybridized carbons (Fsp3) is 0.348. The lowest BCUT2D eigenvalue weighted by molar-refractivity contribution is -0.128. The third kappa shape index (κ3) is 5.02. The summed E-state index contributed by atoms with van der Waals surface area (Å²) in [6.07, 6.45) is 2.06. The van der Waals surface area contributed by atoms with Gasteiger partial charge in [-0.25, -0.2) is 0 Å². The molecule has 0 N–H and O–H groups in total. The average molecular weight is 425 g/mol. The Morgan fingerprint density at radius 2 is 1.80 bits per heavy atom. The molecule has 1 unspecified atom stereocenters. The van der Waals surface area contributed by atoms with Crippen LogP contribution in [0, 0.1) is 0 Å². The highest BCUT2D eigenvalue weighted by atomic mass is 32.2. The van der Waals surface area contributed by atoms with Gasteiger partial charge in [0, 0.05) is 26.2 Å². The van der Waals surface area contributed by atoms with Crippen molar-refractivity contribution in [3.8, 4) is 17.1 Å². The van der Waals surface area contributed by atoms with E-state index in [1.807, 2.05) is 54.6 Å². The van der Waals surface area contributed by atoms with Crippen molar-refractivity contribution in [3.05, 3.63) is 60.2 Å². The number of hydrogen-bond donors (Lipinski definition) is 0. The van der Waals surface area contributed by atoms with Gasteiger partial charge >= 0.3 is 0 Å². The van der Waals surface area contributed by atoms with Gasteiger partial charge in [-0.2, -0.15) is 0 Å². The summed E-state index contributed by atoms with van der Waals surface area (Å²) in [6, 6.07) is 17.6. The number of hydrogen-bond acceptors (Lipinski definition) is 5. The molecule has 2 aromatic carbocycles. The number of carbonyl (C=O) groups is 1. The number of methoxy groups -OCH3 is 1. The van der Waals surface area contributed by atoms with Gasteiger partial charge in [0.15, 0.2) is 11.0 Å². The van der Waals surface area contributed by atoms with Crippen molar-refractivity contribution in [3.63, 3.8) is 0 Å². The number of likely N-dealkylation sites (N-methyl/N-ethyl adjacent to an activating group) is 1. The van der Waals surface area contributed by atoms with E-state index >= 15 is 0 Å². The second kappa shape index (κ2) is 10.3. The first-order valence-electron chi connectivity index (χ1n) is 10.1.